The van der Waals surface area contributed by atoms with E-state index in [1.54, 1.807) is 19.1 Å². The average Bonchev–Trinajstić information content (AvgIpc) is 2.39. The monoisotopic (exact) mass is 342 g/mol. The molecule has 1 rings (SSSR count). The minimum absolute atomic E-state index is 0.136. The van der Waals surface area contributed by atoms with E-state index in [0.717, 1.165) is 10.0 Å². The summed E-state index contributed by atoms with van der Waals surface area (Å²) in [6.45, 7) is 5.62. The molecule has 0 spiro atoms. The highest BCUT2D eigenvalue weighted by atomic mass is 79.9. The number of anilines is 1. The first-order chi connectivity index (χ1) is 9.35. The van der Waals surface area contributed by atoms with Crippen LogP contribution in [0.2, 0.25) is 0 Å². The Morgan fingerprint density at radius 1 is 1.40 bits per heavy atom. The van der Waals surface area contributed by atoms with Gasteiger partial charge in [-0.1, -0.05) is 42.3 Å². The molecule has 1 aromatic carbocycles. The minimum Gasteiger partial charge on any atom is -0.480 e. The van der Waals surface area contributed by atoms with E-state index < -0.39 is 18.0 Å². The van der Waals surface area contributed by atoms with Crippen molar-refractivity contribution in [3.05, 3.63) is 28.2 Å². The number of aryl methyl sites for hydroxylation is 1. The summed E-state index contributed by atoms with van der Waals surface area (Å²) in [6, 6.07) is 3.98. The van der Waals surface area contributed by atoms with Gasteiger partial charge in [-0.25, -0.2) is 9.59 Å². The molecule has 0 aliphatic heterocycles. The van der Waals surface area contributed by atoms with Crippen LogP contribution in [0.5, 0.6) is 0 Å². The third kappa shape index (κ3) is 4.52. The highest BCUT2D eigenvalue weighted by Crippen LogP contribution is 2.20. The van der Waals surface area contributed by atoms with Crippen molar-refractivity contribution in [3.8, 4) is 0 Å². The van der Waals surface area contributed by atoms with Crippen molar-refractivity contribution in [3.63, 3.8) is 0 Å². The van der Waals surface area contributed by atoms with Crippen molar-refractivity contribution in [2.45, 2.75) is 33.2 Å². The van der Waals surface area contributed by atoms with E-state index in [-0.39, 0.29) is 5.92 Å². The molecule has 0 aliphatic rings. The Hall–Kier alpha value is -1.56. The maximum Gasteiger partial charge on any atom is 0.326 e. The molecule has 0 unspecified atom stereocenters. The van der Waals surface area contributed by atoms with Gasteiger partial charge in [-0.05, 0) is 30.5 Å². The number of carboxylic acids is 1. The highest BCUT2D eigenvalue weighted by molar-refractivity contribution is 9.10. The van der Waals surface area contributed by atoms with Crippen LogP contribution in [0.1, 0.15) is 25.8 Å². The fraction of sp³-hybridized carbons (Fsp3) is 0.429. The van der Waals surface area contributed by atoms with Crippen LogP contribution in [-0.4, -0.2) is 23.1 Å². The van der Waals surface area contributed by atoms with Crippen LogP contribution in [0.15, 0.2) is 22.7 Å². The number of halogens is 1. The molecular weight excluding hydrogens is 324 g/mol. The van der Waals surface area contributed by atoms with Gasteiger partial charge in [0.2, 0.25) is 0 Å². The van der Waals surface area contributed by atoms with E-state index in [0.29, 0.717) is 12.1 Å². The van der Waals surface area contributed by atoms with Gasteiger partial charge in [0.1, 0.15) is 6.04 Å². The van der Waals surface area contributed by atoms with Crippen LogP contribution in [0.25, 0.3) is 0 Å². The number of benzene rings is 1. The van der Waals surface area contributed by atoms with Gasteiger partial charge in [0.25, 0.3) is 0 Å². The number of amides is 2. The quantitative estimate of drug-likeness (QED) is 0.767. The molecule has 0 saturated heterocycles. The number of aliphatic carboxylic acids is 1. The second-order valence-corrected chi connectivity index (χ2v) is 5.62. The molecule has 0 fully saturated rings. The van der Waals surface area contributed by atoms with Crippen molar-refractivity contribution in [1.82, 2.24) is 5.32 Å². The molecule has 5 nitrogen and oxygen atoms in total. The second kappa shape index (κ2) is 7.28. The predicted molar refractivity (Wildman–Crippen MR) is 81.9 cm³/mol. The summed E-state index contributed by atoms with van der Waals surface area (Å²) in [5.74, 6) is -1.16. The molecular formula is C14H19BrN2O3. The Balaban J connectivity index is 2.70. The molecule has 1 aromatic rings. The van der Waals surface area contributed by atoms with Gasteiger partial charge in [-0.3, -0.25) is 0 Å². The Morgan fingerprint density at radius 2 is 2.05 bits per heavy atom. The van der Waals surface area contributed by atoms with Gasteiger partial charge in [0.05, 0.1) is 0 Å². The third-order valence-corrected chi connectivity index (χ3v) is 4.05. The molecule has 110 valence electrons. The van der Waals surface area contributed by atoms with Crippen LogP contribution in [0, 0.1) is 12.8 Å². The molecule has 0 heterocycles. The zero-order chi connectivity index (χ0) is 15.3. The maximum absolute atomic E-state index is 11.8. The molecule has 3 N–H and O–H groups in total. The Bertz CT molecular complexity index is 505. The Kier molecular flexibility index (Phi) is 6.01. The number of hydrogen-bond acceptors (Lipinski definition) is 2. The standard InChI is InChI=1S/C14H19BrN2O3/c1-4-8(2)12(13(18)19)17-14(20)16-10-6-5-9(3)11(15)7-10/h5-8,12H,4H2,1-3H3,(H,18,19)(H2,16,17,20)/t8-,12-/m0/s1. The number of nitrogens with one attached hydrogen (secondary N) is 2. The lowest BCUT2D eigenvalue weighted by Gasteiger charge is -2.20. The normalized spacial score (nSPS) is 13.4. The first-order valence-electron chi connectivity index (χ1n) is 6.41. The first-order valence-corrected chi connectivity index (χ1v) is 7.21. The molecule has 0 saturated carbocycles. The number of hydrogen-bond donors (Lipinski definition) is 3. The number of carbonyl (C=O) groups is 2. The van der Waals surface area contributed by atoms with Crippen molar-refractivity contribution < 1.29 is 14.7 Å². The summed E-state index contributed by atoms with van der Waals surface area (Å²) in [4.78, 5) is 23.0. The lowest BCUT2D eigenvalue weighted by Crippen LogP contribution is -2.46. The highest BCUT2D eigenvalue weighted by Gasteiger charge is 2.25. The third-order valence-electron chi connectivity index (χ3n) is 3.20. The summed E-state index contributed by atoms with van der Waals surface area (Å²) in [7, 11) is 0. The molecule has 0 aromatic heterocycles. The zero-order valence-electron chi connectivity index (χ0n) is 11.7. The predicted octanol–water partition coefficient (Wildman–Crippen LogP) is 3.38. The van der Waals surface area contributed by atoms with Gasteiger partial charge in [-0.2, -0.15) is 0 Å². The first kappa shape index (κ1) is 16.5. The molecule has 20 heavy (non-hydrogen) atoms. The van der Waals surface area contributed by atoms with E-state index in [4.69, 9.17) is 5.11 Å². The summed E-state index contributed by atoms with van der Waals surface area (Å²) in [5.41, 5.74) is 1.66. The van der Waals surface area contributed by atoms with Crippen molar-refractivity contribution in [2.24, 2.45) is 5.92 Å². The summed E-state index contributed by atoms with van der Waals surface area (Å²) in [6.07, 6.45) is 0.674. The zero-order valence-corrected chi connectivity index (χ0v) is 13.3. The van der Waals surface area contributed by atoms with Gasteiger partial charge < -0.3 is 15.7 Å². The van der Waals surface area contributed by atoms with Gasteiger partial charge in [0.15, 0.2) is 0 Å². The van der Waals surface area contributed by atoms with E-state index >= 15 is 0 Å². The largest absolute Gasteiger partial charge is 0.480 e. The molecule has 0 aliphatic carbocycles. The van der Waals surface area contributed by atoms with Crippen LogP contribution < -0.4 is 10.6 Å². The lowest BCUT2D eigenvalue weighted by atomic mass is 9.99. The van der Waals surface area contributed by atoms with E-state index in [2.05, 4.69) is 26.6 Å². The van der Waals surface area contributed by atoms with Crippen LogP contribution >= 0.6 is 15.9 Å². The number of urea groups is 1. The average molecular weight is 343 g/mol. The van der Waals surface area contributed by atoms with Crippen LogP contribution in [0.3, 0.4) is 0 Å². The number of rotatable bonds is 5. The van der Waals surface area contributed by atoms with E-state index in [9.17, 15) is 9.59 Å². The number of carboxylic acid groups (broad SMARTS) is 1. The Labute approximate surface area is 126 Å². The van der Waals surface area contributed by atoms with Crippen LogP contribution in [-0.2, 0) is 4.79 Å². The summed E-state index contributed by atoms with van der Waals surface area (Å²) in [5, 5.41) is 14.2. The van der Waals surface area contributed by atoms with Crippen molar-refractivity contribution in [2.75, 3.05) is 5.32 Å². The SMILES string of the molecule is CC[C@H](C)[C@H](NC(=O)Nc1ccc(C)c(Br)c1)C(=O)O. The Morgan fingerprint density at radius 3 is 2.55 bits per heavy atom. The molecule has 0 bridgehead atoms. The summed E-state index contributed by atoms with van der Waals surface area (Å²) >= 11 is 3.38. The maximum atomic E-state index is 11.8. The molecule has 0 radical (unpaired) electrons. The number of carbonyl (C=O) groups excluding carboxylic acids is 1. The molecule has 2 amide bonds. The molecule has 6 heteroatoms. The molecule has 2 atom stereocenters. The van der Waals surface area contributed by atoms with Gasteiger partial charge in [0, 0.05) is 10.2 Å². The minimum atomic E-state index is -1.03. The van der Waals surface area contributed by atoms with E-state index in [1.165, 1.54) is 0 Å². The van der Waals surface area contributed by atoms with Crippen molar-refractivity contribution in [1.29, 1.82) is 0 Å². The second-order valence-electron chi connectivity index (χ2n) is 4.76. The lowest BCUT2D eigenvalue weighted by molar-refractivity contribution is -0.140. The fourth-order valence-corrected chi connectivity index (χ4v) is 2.04. The van der Waals surface area contributed by atoms with Crippen molar-refractivity contribution >= 4 is 33.6 Å². The fourth-order valence-electron chi connectivity index (χ4n) is 1.66. The van der Waals surface area contributed by atoms with Gasteiger partial charge in [-0.15, -0.1) is 0 Å². The topological polar surface area (TPSA) is 78.4 Å². The smallest absolute Gasteiger partial charge is 0.326 e. The van der Waals surface area contributed by atoms with E-state index in [1.807, 2.05) is 19.9 Å². The van der Waals surface area contributed by atoms with Gasteiger partial charge >= 0.3 is 12.0 Å². The van der Waals surface area contributed by atoms with Crippen LogP contribution in [0.4, 0.5) is 10.5 Å². The summed E-state index contributed by atoms with van der Waals surface area (Å²) < 4.78 is 0.881.